The quantitative estimate of drug-likeness (QED) is 0.896. The minimum Gasteiger partial charge on any atom is -0.326 e. The highest BCUT2D eigenvalue weighted by Gasteiger charge is 2.30. The molecule has 1 aromatic heterocycles. The van der Waals surface area contributed by atoms with Gasteiger partial charge in [-0.25, -0.2) is 9.07 Å². The Hall–Kier alpha value is -2.48. The molecule has 1 aliphatic heterocycles. The summed E-state index contributed by atoms with van der Waals surface area (Å²) in [6, 6.07) is 3.88. The van der Waals surface area contributed by atoms with Crippen LogP contribution in [0.4, 0.5) is 16.0 Å². The first-order chi connectivity index (χ1) is 10.9. The first-order valence-electron chi connectivity index (χ1n) is 6.89. The van der Waals surface area contributed by atoms with Crippen LogP contribution in [0.1, 0.15) is 12.2 Å². The molecule has 2 heterocycles. The van der Waals surface area contributed by atoms with E-state index in [9.17, 15) is 14.0 Å². The van der Waals surface area contributed by atoms with E-state index in [1.807, 2.05) is 0 Å². The Bertz CT molecular complexity index is 791. The number of hydrogen-bond donors (Lipinski definition) is 2. The van der Waals surface area contributed by atoms with Crippen LogP contribution in [0.5, 0.6) is 0 Å². The van der Waals surface area contributed by atoms with Crippen molar-refractivity contribution in [3.05, 3.63) is 34.9 Å². The molecule has 0 saturated heterocycles. The van der Waals surface area contributed by atoms with E-state index in [0.29, 0.717) is 17.5 Å². The Labute approximate surface area is 135 Å². The SMILES string of the molecule is Cc1nc2n(n1)C[C@@H](CC(=O)Nc1ccc(F)c(Cl)c1)C(=O)N2. The molecule has 1 aromatic carbocycles. The summed E-state index contributed by atoms with van der Waals surface area (Å²) in [5.74, 6) is -0.837. The van der Waals surface area contributed by atoms with Gasteiger partial charge in [-0.2, -0.15) is 10.1 Å². The predicted molar refractivity (Wildman–Crippen MR) is 81.5 cm³/mol. The average Bonchev–Trinajstić information content (AvgIpc) is 2.82. The second kappa shape index (κ2) is 5.96. The fourth-order valence-corrected chi connectivity index (χ4v) is 2.53. The van der Waals surface area contributed by atoms with Gasteiger partial charge in [-0.15, -0.1) is 0 Å². The standard InChI is InChI=1S/C14H13ClFN5O2/c1-7-17-14-19-13(23)8(6-21(14)20-7)4-12(22)18-9-2-3-11(16)10(15)5-9/h2-3,5,8H,4,6H2,1H3,(H,18,22)(H,17,19,20,23)/t8-/m1/s1. The maximum absolute atomic E-state index is 13.1. The molecule has 9 heteroatoms. The number of nitrogens with zero attached hydrogens (tertiary/aromatic N) is 3. The predicted octanol–water partition coefficient (Wildman–Crippen LogP) is 1.98. The summed E-state index contributed by atoms with van der Waals surface area (Å²) in [4.78, 5) is 28.1. The summed E-state index contributed by atoms with van der Waals surface area (Å²) in [6.07, 6.45) is -0.0286. The molecule has 0 spiro atoms. The zero-order valence-electron chi connectivity index (χ0n) is 12.1. The molecule has 1 atom stereocenters. The van der Waals surface area contributed by atoms with Crippen molar-refractivity contribution < 1.29 is 14.0 Å². The first-order valence-corrected chi connectivity index (χ1v) is 7.27. The maximum atomic E-state index is 13.1. The normalized spacial score (nSPS) is 16.7. The number of fused-ring (bicyclic) bond motifs is 1. The van der Waals surface area contributed by atoms with Gasteiger partial charge in [0.1, 0.15) is 11.6 Å². The van der Waals surface area contributed by atoms with Gasteiger partial charge in [0.15, 0.2) is 0 Å². The van der Waals surface area contributed by atoms with E-state index in [-0.39, 0.29) is 29.8 Å². The first kappa shape index (κ1) is 15.4. The van der Waals surface area contributed by atoms with E-state index in [1.54, 1.807) is 11.6 Å². The lowest BCUT2D eigenvalue weighted by Gasteiger charge is -2.21. The molecule has 0 fully saturated rings. The third-order valence-electron chi connectivity index (χ3n) is 3.41. The van der Waals surface area contributed by atoms with Crippen LogP contribution in [0.3, 0.4) is 0 Å². The highest BCUT2D eigenvalue weighted by atomic mass is 35.5. The summed E-state index contributed by atoms with van der Waals surface area (Å²) in [7, 11) is 0. The number of aromatic nitrogens is 3. The molecule has 2 amide bonds. The van der Waals surface area contributed by atoms with Gasteiger partial charge in [-0.3, -0.25) is 14.9 Å². The lowest BCUT2D eigenvalue weighted by atomic mass is 10.0. The highest BCUT2D eigenvalue weighted by Crippen LogP contribution is 2.22. The van der Waals surface area contributed by atoms with Crippen molar-refractivity contribution in [3.8, 4) is 0 Å². The Balaban J connectivity index is 1.66. The van der Waals surface area contributed by atoms with Crippen LogP contribution in [0, 0.1) is 18.7 Å². The van der Waals surface area contributed by atoms with E-state index in [4.69, 9.17) is 11.6 Å². The second-order valence-corrected chi connectivity index (χ2v) is 5.64. The molecule has 0 radical (unpaired) electrons. The zero-order chi connectivity index (χ0) is 16.6. The van der Waals surface area contributed by atoms with Crippen LogP contribution in [0.15, 0.2) is 18.2 Å². The second-order valence-electron chi connectivity index (χ2n) is 5.23. The van der Waals surface area contributed by atoms with Gasteiger partial charge in [-0.05, 0) is 25.1 Å². The molecule has 0 saturated carbocycles. The third-order valence-corrected chi connectivity index (χ3v) is 3.70. The van der Waals surface area contributed by atoms with Crippen molar-refractivity contribution in [1.82, 2.24) is 14.8 Å². The molecule has 0 aliphatic carbocycles. The number of hydrogen-bond acceptors (Lipinski definition) is 4. The Kier molecular flexibility index (Phi) is 3.99. The van der Waals surface area contributed by atoms with Crippen molar-refractivity contribution in [2.75, 3.05) is 10.6 Å². The lowest BCUT2D eigenvalue weighted by Crippen LogP contribution is -2.36. The fraction of sp³-hybridized carbons (Fsp3) is 0.286. The largest absolute Gasteiger partial charge is 0.326 e. The van der Waals surface area contributed by atoms with Gasteiger partial charge in [-0.1, -0.05) is 11.6 Å². The minimum atomic E-state index is -0.564. The van der Waals surface area contributed by atoms with Gasteiger partial charge >= 0.3 is 0 Å². The van der Waals surface area contributed by atoms with Crippen molar-refractivity contribution in [1.29, 1.82) is 0 Å². The number of carbonyl (C=O) groups is 2. The molecule has 2 N–H and O–H groups in total. The van der Waals surface area contributed by atoms with Gasteiger partial charge < -0.3 is 5.32 Å². The van der Waals surface area contributed by atoms with Crippen molar-refractivity contribution >= 4 is 35.1 Å². The Morgan fingerprint density at radius 2 is 2.35 bits per heavy atom. The van der Waals surface area contributed by atoms with Crippen LogP contribution >= 0.6 is 11.6 Å². The third kappa shape index (κ3) is 3.31. The van der Waals surface area contributed by atoms with Crippen LogP contribution in [0.2, 0.25) is 5.02 Å². The number of halogens is 2. The number of benzene rings is 1. The van der Waals surface area contributed by atoms with E-state index in [1.165, 1.54) is 12.1 Å². The van der Waals surface area contributed by atoms with Crippen molar-refractivity contribution in [2.24, 2.45) is 5.92 Å². The molecule has 7 nitrogen and oxygen atoms in total. The molecule has 23 heavy (non-hydrogen) atoms. The van der Waals surface area contributed by atoms with Gasteiger partial charge in [0.25, 0.3) is 0 Å². The van der Waals surface area contributed by atoms with Gasteiger partial charge in [0, 0.05) is 12.1 Å². The highest BCUT2D eigenvalue weighted by molar-refractivity contribution is 6.31. The summed E-state index contributed by atoms with van der Waals surface area (Å²) in [5, 5.41) is 9.27. The summed E-state index contributed by atoms with van der Waals surface area (Å²) in [6.45, 7) is 2.00. The molecule has 120 valence electrons. The summed E-state index contributed by atoms with van der Waals surface area (Å²) in [5.41, 5.74) is 0.370. The fourth-order valence-electron chi connectivity index (χ4n) is 2.35. The maximum Gasteiger partial charge on any atom is 0.232 e. The van der Waals surface area contributed by atoms with Crippen LogP contribution in [-0.4, -0.2) is 26.6 Å². The van der Waals surface area contributed by atoms with Crippen LogP contribution < -0.4 is 10.6 Å². The van der Waals surface area contributed by atoms with Gasteiger partial charge in [0.2, 0.25) is 17.8 Å². The average molecular weight is 338 g/mol. The number of nitrogens with one attached hydrogen (secondary N) is 2. The van der Waals surface area contributed by atoms with Gasteiger partial charge in [0.05, 0.1) is 17.5 Å². The van der Waals surface area contributed by atoms with E-state index in [0.717, 1.165) is 6.07 Å². The Morgan fingerprint density at radius 1 is 1.57 bits per heavy atom. The smallest absolute Gasteiger partial charge is 0.232 e. The van der Waals surface area contributed by atoms with Crippen molar-refractivity contribution in [3.63, 3.8) is 0 Å². The number of rotatable bonds is 3. The number of amides is 2. The molecule has 3 rings (SSSR count). The van der Waals surface area contributed by atoms with Crippen LogP contribution in [0.25, 0.3) is 0 Å². The molecule has 1 aliphatic rings. The monoisotopic (exact) mass is 337 g/mol. The molecule has 0 unspecified atom stereocenters. The zero-order valence-corrected chi connectivity index (χ0v) is 12.9. The molecule has 2 aromatic rings. The number of anilines is 2. The molecular formula is C14H13ClFN5O2. The molecular weight excluding hydrogens is 325 g/mol. The molecule has 0 bridgehead atoms. The van der Waals surface area contributed by atoms with E-state index < -0.39 is 11.7 Å². The minimum absolute atomic E-state index is 0.0286. The van der Waals surface area contributed by atoms with Crippen molar-refractivity contribution in [2.45, 2.75) is 19.9 Å². The number of carbonyl (C=O) groups excluding carboxylic acids is 2. The summed E-state index contributed by atoms with van der Waals surface area (Å²) < 4.78 is 14.6. The number of aryl methyl sites for hydroxylation is 1. The van der Waals surface area contributed by atoms with E-state index >= 15 is 0 Å². The van der Waals surface area contributed by atoms with E-state index in [2.05, 4.69) is 20.7 Å². The van der Waals surface area contributed by atoms with Crippen LogP contribution in [-0.2, 0) is 16.1 Å². The Morgan fingerprint density at radius 3 is 3.09 bits per heavy atom. The summed E-state index contributed by atoms with van der Waals surface area (Å²) >= 11 is 5.66. The topological polar surface area (TPSA) is 88.9 Å². The lowest BCUT2D eigenvalue weighted by molar-refractivity contribution is -0.125.